The lowest BCUT2D eigenvalue weighted by atomic mass is 9.93. The number of carboxylic acids is 1. The Labute approximate surface area is 247 Å². The number of aryl methyl sites for hydroxylation is 1. The zero-order valence-electron chi connectivity index (χ0n) is 23.9. The molecule has 2 aliphatic rings. The second kappa shape index (κ2) is 11.4. The number of hydrogen-bond acceptors (Lipinski definition) is 7. The van der Waals surface area contributed by atoms with Crippen molar-refractivity contribution in [1.82, 2.24) is 29.2 Å². The summed E-state index contributed by atoms with van der Waals surface area (Å²) >= 11 is 0. The van der Waals surface area contributed by atoms with E-state index in [4.69, 9.17) is 19.4 Å². The fourth-order valence-electron chi connectivity index (χ4n) is 6.09. The minimum atomic E-state index is -0.941. The lowest BCUT2D eigenvalue weighted by Gasteiger charge is -2.32. The molecule has 5 heterocycles. The van der Waals surface area contributed by atoms with Gasteiger partial charge >= 0.3 is 5.97 Å². The number of halogens is 1. The van der Waals surface area contributed by atoms with E-state index in [1.807, 2.05) is 24.3 Å². The summed E-state index contributed by atoms with van der Waals surface area (Å²) in [5.41, 5.74) is 4.58. The van der Waals surface area contributed by atoms with E-state index < -0.39 is 11.9 Å². The zero-order chi connectivity index (χ0) is 29.5. The molecule has 5 aromatic rings. The number of ether oxygens (including phenoxy) is 2. The quantitative estimate of drug-likeness (QED) is 0.261. The Hall–Kier alpha value is -4.35. The molecule has 10 nitrogen and oxygen atoms in total. The van der Waals surface area contributed by atoms with Gasteiger partial charge in [-0.3, -0.25) is 9.58 Å². The van der Waals surface area contributed by atoms with Gasteiger partial charge in [0, 0.05) is 31.3 Å². The summed E-state index contributed by atoms with van der Waals surface area (Å²) in [6.07, 6.45) is 3.07. The van der Waals surface area contributed by atoms with E-state index in [1.165, 1.54) is 4.68 Å². The van der Waals surface area contributed by atoms with Gasteiger partial charge in [0.25, 0.3) is 0 Å². The van der Waals surface area contributed by atoms with Crippen molar-refractivity contribution in [2.45, 2.75) is 51.0 Å². The second-order valence-electron chi connectivity index (χ2n) is 11.4. The SMILES string of the molecule is Cn1nc(F)c2ccc(COc3cccc(C4CCN(Cc5nc6ccc(C(=O)O)cc6n5C[C@@H]5CCO5)CC4)n3)cc21. The molecule has 2 fully saturated rings. The lowest BCUT2D eigenvalue weighted by molar-refractivity contribution is -0.0592. The summed E-state index contributed by atoms with van der Waals surface area (Å²) in [6, 6.07) is 16.5. The van der Waals surface area contributed by atoms with Crippen LogP contribution < -0.4 is 4.74 Å². The third-order valence-corrected chi connectivity index (χ3v) is 8.63. The van der Waals surface area contributed by atoms with Gasteiger partial charge in [0.2, 0.25) is 11.8 Å². The molecule has 0 saturated carbocycles. The number of rotatable bonds is 9. The Bertz CT molecular complexity index is 1800. The molecule has 1 N–H and O–H groups in total. The van der Waals surface area contributed by atoms with Crippen molar-refractivity contribution >= 4 is 27.9 Å². The van der Waals surface area contributed by atoms with E-state index in [0.29, 0.717) is 36.9 Å². The highest BCUT2D eigenvalue weighted by Gasteiger charge is 2.26. The van der Waals surface area contributed by atoms with Gasteiger partial charge in [-0.1, -0.05) is 12.1 Å². The van der Waals surface area contributed by atoms with Crippen LogP contribution in [0.5, 0.6) is 5.88 Å². The Morgan fingerprint density at radius 3 is 2.67 bits per heavy atom. The van der Waals surface area contributed by atoms with Crippen LogP contribution in [0.25, 0.3) is 21.9 Å². The smallest absolute Gasteiger partial charge is 0.335 e. The normalized spacial score (nSPS) is 17.9. The summed E-state index contributed by atoms with van der Waals surface area (Å²) in [4.78, 5) is 23.7. The first-order valence-electron chi connectivity index (χ1n) is 14.7. The van der Waals surface area contributed by atoms with Crippen molar-refractivity contribution in [3.05, 3.63) is 83.2 Å². The fraction of sp³-hybridized carbons (Fsp3) is 0.375. The summed E-state index contributed by atoms with van der Waals surface area (Å²) < 4.78 is 29.3. The molecule has 2 aliphatic heterocycles. The molecule has 0 aliphatic carbocycles. The third kappa shape index (κ3) is 5.57. The van der Waals surface area contributed by atoms with E-state index in [9.17, 15) is 14.3 Å². The van der Waals surface area contributed by atoms with Crippen molar-refractivity contribution < 1.29 is 23.8 Å². The molecular formula is C32H33FN6O4. The first-order chi connectivity index (χ1) is 20.9. The number of fused-ring (bicyclic) bond motifs is 2. The van der Waals surface area contributed by atoms with Gasteiger partial charge in [0.05, 0.1) is 46.7 Å². The molecule has 43 heavy (non-hydrogen) atoms. The zero-order valence-corrected chi connectivity index (χ0v) is 23.9. The Morgan fingerprint density at radius 1 is 1.07 bits per heavy atom. The van der Waals surface area contributed by atoms with E-state index in [-0.39, 0.29) is 11.7 Å². The van der Waals surface area contributed by atoms with Crippen LogP contribution in [-0.2, 0) is 31.5 Å². The maximum atomic E-state index is 13.9. The largest absolute Gasteiger partial charge is 0.478 e. The topological polar surface area (TPSA) is 108 Å². The minimum Gasteiger partial charge on any atom is -0.478 e. The number of hydrogen-bond donors (Lipinski definition) is 1. The molecule has 0 amide bonds. The van der Waals surface area contributed by atoms with Crippen LogP contribution in [0.4, 0.5) is 4.39 Å². The van der Waals surface area contributed by atoms with Crippen molar-refractivity contribution in [1.29, 1.82) is 0 Å². The molecule has 7 rings (SSSR count). The number of likely N-dealkylation sites (tertiary alicyclic amines) is 1. The molecule has 2 aromatic carbocycles. The maximum Gasteiger partial charge on any atom is 0.335 e. The van der Waals surface area contributed by atoms with Crippen molar-refractivity contribution in [2.24, 2.45) is 7.05 Å². The van der Waals surface area contributed by atoms with Crippen LogP contribution in [0.2, 0.25) is 0 Å². The van der Waals surface area contributed by atoms with Crippen molar-refractivity contribution in [2.75, 3.05) is 19.7 Å². The number of carboxylic acid groups (broad SMARTS) is 1. The fourth-order valence-corrected chi connectivity index (χ4v) is 6.09. The van der Waals surface area contributed by atoms with Gasteiger partial charge in [0.1, 0.15) is 12.4 Å². The van der Waals surface area contributed by atoms with Gasteiger partial charge < -0.3 is 19.1 Å². The number of imidazole rings is 1. The van der Waals surface area contributed by atoms with Crippen molar-refractivity contribution in [3.63, 3.8) is 0 Å². The third-order valence-electron chi connectivity index (χ3n) is 8.63. The van der Waals surface area contributed by atoms with E-state index in [0.717, 1.165) is 72.6 Å². The minimum absolute atomic E-state index is 0.136. The van der Waals surface area contributed by atoms with Gasteiger partial charge in [0.15, 0.2) is 0 Å². The first kappa shape index (κ1) is 27.5. The Kier molecular flexibility index (Phi) is 7.28. The highest BCUT2D eigenvalue weighted by Crippen LogP contribution is 2.30. The molecule has 0 unspecified atom stereocenters. The standard InChI is InChI=1S/C32H33FN6O4/c1-37-27-15-20(5-7-24(27)31(33)36-37)19-43-30-4-2-3-25(35-30)21-9-12-38(13-10-21)18-29-34-26-8-6-22(32(40)41)16-28(26)39(29)17-23-11-14-42-23/h2-8,15-16,21,23H,9-14,17-19H2,1H3,(H,40,41)/t23-/m0/s1. The van der Waals surface area contributed by atoms with Crippen LogP contribution in [-0.4, -0.2) is 66.1 Å². The van der Waals surface area contributed by atoms with E-state index in [1.54, 1.807) is 31.3 Å². The van der Waals surface area contributed by atoms with Gasteiger partial charge in [-0.15, -0.1) is 5.10 Å². The molecule has 0 spiro atoms. The Morgan fingerprint density at radius 2 is 1.91 bits per heavy atom. The first-order valence-corrected chi connectivity index (χ1v) is 14.7. The number of pyridine rings is 1. The summed E-state index contributed by atoms with van der Waals surface area (Å²) in [5.74, 6) is 0.426. The average molecular weight is 585 g/mol. The second-order valence-corrected chi connectivity index (χ2v) is 11.4. The summed E-state index contributed by atoms with van der Waals surface area (Å²) in [7, 11) is 1.73. The molecule has 1 atom stereocenters. The van der Waals surface area contributed by atoms with Crippen LogP contribution in [0.1, 0.15) is 52.6 Å². The molecule has 0 bridgehead atoms. The number of carbonyl (C=O) groups is 1. The highest BCUT2D eigenvalue weighted by atomic mass is 19.1. The molecular weight excluding hydrogens is 551 g/mol. The number of aromatic nitrogens is 5. The van der Waals surface area contributed by atoms with Crippen molar-refractivity contribution in [3.8, 4) is 5.88 Å². The summed E-state index contributed by atoms with van der Waals surface area (Å²) in [6.45, 7) is 4.28. The van der Waals surface area contributed by atoms with Crippen LogP contribution in [0.15, 0.2) is 54.6 Å². The van der Waals surface area contributed by atoms with Gasteiger partial charge in [-0.25, -0.2) is 14.8 Å². The van der Waals surface area contributed by atoms with Crippen LogP contribution in [0.3, 0.4) is 0 Å². The number of benzene rings is 2. The Balaban J connectivity index is 1.00. The highest BCUT2D eigenvalue weighted by molar-refractivity contribution is 5.92. The van der Waals surface area contributed by atoms with E-state index >= 15 is 0 Å². The molecule has 222 valence electrons. The predicted molar refractivity (Wildman–Crippen MR) is 158 cm³/mol. The van der Waals surface area contributed by atoms with Gasteiger partial charge in [-0.05, 0) is 74.3 Å². The predicted octanol–water partition coefficient (Wildman–Crippen LogP) is 4.90. The monoisotopic (exact) mass is 584 g/mol. The van der Waals surface area contributed by atoms with Crippen LogP contribution in [0, 0.1) is 5.95 Å². The van der Waals surface area contributed by atoms with Crippen LogP contribution >= 0.6 is 0 Å². The summed E-state index contributed by atoms with van der Waals surface area (Å²) in [5, 5.41) is 13.9. The molecule has 11 heteroatoms. The molecule has 0 radical (unpaired) electrons. The molecule has 3 aromatic heterocycles. The lowest BCUT2D eigenvalue weighted by Crippen LogP contribution is -2.35. The molecule has 2 saturated heterocycles. The number of aromatic carboxylic acids is 1. The maximum absolute atomic E-state index is 13.9. The number of nitrogens with zero attached hydrogens (tertiary/aromatic N) is 6. The average Bonchev–Trinajstić information content (AvgIpc) is 3.48. The van der Waals surface area contributed by atoms with E-state index in [2.05, 4.69) is 20.6 Å². The van der Waals surface area contributed by atoms with Gasteiger partial charge in [-0.2, -0.15) is 4.39 Å². The number of piperidine rings is 1.